The number of allylic oxidation sites excluding steroid dienone is 2. The monoisotopic (exact) mass is 167 g/mol. The predicted octanol–water partition coefficient (Wildman–Crippen LogP) is 2.73. The molecule has 1 rings (SSSR count). The van der Waals surface area contributed by atoms with Crippen LogP contribution in [-0.2, 0) is 0 Å². The summed E-state index contributed by atoms with van der Waals surface area (Å²) in [5, 5.41) is 3.27. The molecule has 0 aromatic carbocycles. The van der Waals surface area contributed by atoms with Gasteiger partial charge in [-0.15, -0.1) is 0 Å². The van der Waals surface area contributed by atoms with Crippen LogP contribution >= 0.6 is 0 Å². The van der Waals surface area contributed by atoms with Crippen LogP contribution in [0.1, 0.15) is 39.5 Å². The smallest absolute Gasteiger partial charge is 0.00233 e. The summed E-state index contributed by atoms with van der Waals surface area (Å²) in [7, 11) is 2.05. The van der Waals surface area contributed by atoms with Crippen molar-refractivity contribution in [3.05, 3.63) is 11.1 Å². The highest BCUT2D eigenvalue weighted by Crippen LogP contribution is 2.29. The third-order valence-electron chi connectivity index (χ3n) is 2.91. The Hall–Kier alpha value is -0.300. The second kappa shape index (κ2) is 4.66. The van der Waals surface area contributed by atoms with Gasteiger partial charge < -0.3 is 5.32 Å². The van der Waals surface area contributed by atoms with Crippen LogP contribution in [0.25, 0.3) is 0 Å². The van der Waals surface area contributed by atoms with Crippen molar-refractivity contribution in [3.8, 4) is 0 Å². The fourth-order valence-corrected chi connectivity index (χ4v) is 2.02. The van der Waals surface area contributed by atoms with Gasteiger partial charge in [-0.3, -0.25) is 0 Å². The highest BCUT2D eigenvalue weighted by Gasteiger charge is 2.15. The second-order valence-electron chi connectivity index (χ2n) is 4.10. The van der Waals surface area contributed by atoms with E-state index in [1.807, 2.05) is 0 Å². The Morgan fingerprint density at radius 2 is 1.92 bits per heavy atom. The Balaban J connectivity index is 2.35. The van der Waals surface area contributed by atoms with E-state index in [0.29, 0.717) is 0 Å². The lowest BCUT2D eigenvalue weighted by Crippen LogP contribution is -2.21. The average molecular weight is 167 g/mol. The largest absolute Gasteiger partial charge is 0.319 e. The molecule has 0 aliphatic heterocycles. The summed E-state index contributed by atoms with van der Waals surface area (Å²) in [6.07, 6.45) is 5.46. The van der Waals surface area contributed by atoms with Crippen molar-refractivity contribution in [1.29, 1.82) is 0 Å². The quantitative estimate of drug-likeness (QED) is 0.624. The molecule has 0 aromatic rings. The lowest BCUT2D eigenvalue weighted by Gasteiger charge is -2.24. The van der Waals surface area contributed by atoms with Gasteiger partial charge in [-0.1, -0.05) is 11.1 Å². The van der Waals surface area contributed by atoms with Gasteiger partial charge in [-0.25, -0.2) is 0 Å². The van der Waals surface area contributed by atoms with E-state index in [0.717, 1.165) is 5.92 Å². The van der Waals surface area contributed by atoms with Crippen LogP contribution in [-0.4, -0.2) is 13.6 Å². The molecule has 0 heterocycles. The van der Waals surface area contributed by atoms with E-state index < -0.39 is 0 Å². The number of hydrogen-bond acceptors (Lipinski definition) is 1. The van der Waals surface area contributed by atoms with Gasteiger partial charge in [0.15, 0.2) is 0 Å². The van der Waals surface area contributed by atoms with Crippen LogP contribution in [0.3, 0.4) is 0 Å². The molecule has 1 nitrogen and oxygen atoms in total. The van der Waals surface area contributed by atoms with Crippen LogP contribution in [0, 0.1) is 5.92 Å². The number of rotatable bonds is 2. The highest BCUT2D eigenvalue weighted by atomic mass is 14.8. The molecule has 0 bridgehead atoms. The molecule has 0 radical (unpaired) electrons. The predicted molar refractivity (Wildman–Crippen MR) is 54.3 cm³/mol. The highest BCUT2D eigenvalue weighted by molar-refractivity contribution is 5.11. The maximum atomic E-state index is 3.27. The summed E-state index contributed by atoms with van der Waals surface area (Å²) in [5.41, 5.74) is 3.26. The minimum absolute atomic E-state index is 0.929. The summed E-state index contributed by atoms with van der Waals surface area (Å²) >= 11 is 0. The van der Waals surface area contributed by atoms with Crippen molar-refractivity contribution in [2.45, 2.75) is 39.5 Å². The number of nitrogens with one attached hydrogen (secondary N) is 1. The SMILES string of the molecule is CNCC1CCC(=C(C)C)CC1. The van der Waals surface area contributed by atoms with Gasteiger partial charge in [0.25, 0.3) is 0 Å². The van der Waals surface area contributed by atoms with Crippen LogP contribution in [0.5, 0.6) is 0 Å². The molecule has 0 aromatic heterocycles. The molecule has 1 heteroatoms. The molecule has 1 aliphatic rings. The molecule has 1 fully saturated rings. The van der Waals surface area contributed by atoms with Gasteiger partial charge in [0.2, 0.25) is 0 Å². The molecular formula is C11H21N. The van der Waals surface area contributed by atoms with Crippen molar-refractivity contribution < 1.29 is 0 Å². The topological polar surface area (TPSA) is 12.0 Å². The van der Waals surface area contributed by atoms with Gasteiger partial charge in [-0.05, 0) is 59.0 Å². The van der Waals surface area contributed by atoms with Crippen molar-refractivity contribution >= 4 is 0 Å². The molecule has 0 saturated heterocycles. The lowest BCUT2D eigenvalue weighted by molar-refractivity contribution is 0.394. The summed E-state index contributed by atoms with van der Waals surface area (Å²) in [5.74, 6) is 0.929. The van der Waals surface area contributed by atoms with Crippen LogP contribution in [0.4, 0.5) is 0 Å². The van der Waals surface area contributed by atoms with Crippen LogP contribution in [0.2, 0.25) is 0 Å². The molecule has 1 N–H and O–H groups in total. The first-order chi connectivity index (χ1) is 5.74. The van der Waals surface area contributed by atoms with Crippen molar-refractivity contribution in [3.63, 3.8) is 0 Å². The first-order valence-corrected chi connectivity index (χ1v) is 5.04. The molecule has 0 spiro atoms. The van der Waals surface area contributed by atoms with Gasteiger partial charge in [0.05, 0.1) is 0 Å². The maximum absolute atomic E-state index is 3.27. The van der Waals surface area contributed by atoms with Crippen molar-refractivity contribution in [1.82, 2.24) is 5.32 Å². The summed E-state index contributed by atoms with van der Waals surface area (Å²) in [6, 6.07) is 0. The Bertz CT molecular complexity index is 156. The van der Waals surface area contributed by atoms with Crippen molar-refractivity contribution in [2.24, 2.45) is 5.92 Å². The van der Waals surface area contributed by atoms with Gasteiger partial charge >= 0.3 is 0 Å². The minimum atomic E-state index is 0.929. The molecule has 1 aliphatic carbocycles. The number of hydrogen-bond donors (Lipinski definition) is 1. The Morgan fingerprint density at radius 3 is 2.33 bits per heavy atom. The van der Waals surface area contributed by atoms with Crippen molar-refractivity contribution in [2.75, 3.05) is 13.6 Å². The normalized spacial score (nSPS) is 24.2. The summed E-state index contributed by atoms with van der Waals surface area (Å²) < 4.78 is 0. The van der Waals surface area contributed by atoms with E-state index in [1.165, 1.54) is 32.2 Å². The standard InChI is InChI=1S/C11H21N/c1-9(2)11-6-4-10(5-7-11)8-12-3/h10,12H,4-8H2,1-3H3. The van der Waals surface area contributed by atoms with E-state index in [2.05, 4.69) is 26.2 Å². The fourth-order valence-electron chi connectivity index (χ4n) is 2.02. The zero-order chi connectivity index (χ0) is 8.97. The summed E-state index contributed by atoms with van der Waals surface area (Å²) in [4.78, 5) is 0. The van der Waals surface area contributed by atoms with E-state index in [1.54, 1.807) is 11.1 Å². The molecular weight excluding hydrogens is 146 g/mol. The first-order valence-electron chi connectivity index (χ1n) is 5.04. The lowest BCUT2D eigenvalue weighted by atomic mass is 9.84. The van der Waals surface area contributed by atoms with E-state index >= 15 is 0 Å². The average Bonchev–Trinajstić information content (AvgIpc) is 2.06. The molecule has 12 heavy (non-hydrogen) atoms. The molecule has 0 unspecified atom stereocenters. The maximum Gasteiger partial charge on any atom is -0.00233 e. The zero-order valence-corrected chi connectivity index (χ0v) is 8.61. The Morgan fingerprint density at radius 1 is 1.33 bits per heavy atom. The summed E-state index contributed by atoms with van der Waals surface area (Å²) in [6.45, 7) is 5.69. The van der Waals surface area contributed by atoms with Gasteiger partial charge in [0.1, 0.15) is 0 Å². The van der Waals surface area contributed by atoms with E-state index in [-0.39, 0.29) is 0 Å². The second-order valence-corrected chi connectivity index (χ2v) is 4.10. The molecule has 70 valence electrons. The van der Waals surface area contributed by atoms with Crippen LogP contribution < -0.4 is 5.32 Å². The van der Waals surface area contributed by atoms with Gasteiger partial charge in [-0.2, -0.15) is 0 Å². The Kier molecular flexibility index (Phi) is 3.80. The fraction of sp³-hybridized carbons (Fsp3) is 0.818. The first kappa shape index (κ1) is 9.79. The van der Waals surface area contributed by atoms with E-state index in [9.17, 15) is 0 Å². The third-order valence-corrected chi connectivity index (χ3v) is 2.91. The minimum Gasteiger partial charge on any atom is -0.319 e. The Labute approximate surface area is 76.2 Å². The molecule has 1 saturated carbocycles. The van der Waals surface area contributed by atoms with Gasteiger partial charge in [0, 0.05) is 0 Å². The van der Waals surface area contributed by atoms with E-state index in [4.69, 9.17) is 0 Å². The van der Waals surface area contributed by atoms with Crippen LogP contribution in [0.15, 0.2) is 11.1 Å². The third kappa shape index (κ3) is 2.63. The molecule has 0 atom stereocenters. The zero-order valence-electron chi connectivity index (χ0n) is 8.61. The molecule has 0 amide bonds.